The Kier molecular flexibility index (Phi) is 6.09. The van der Waals surface area contributed by atoms with Crippen LogP contribution in [0.15, 0.2) is 85.3 Å². The molecule has 33 heavy (non-hydrogen) atoms. The van der Waals surface area contributed by atoms with Crippen LogP contribution in [0.4, 0.5) is 10.1 Å². The highest BCUT2D eigenvalue weighted by Gasteiger charge is 2.30. The number of amides is 1. The van der Waals surface area contributed by atoms with Gasteiger partial charge < -0.3 is 4.90 Å². The van der Waals surface area contributed by atoms with Crippen LogP contribution in [0, 0.1) is 5.82 Å². The summed E-state index contributed by atoms with van der Waals surface area (Å²) in [7, 11) is 0. The van der Waals surface area contributed by atoms with E-state index in [1.165, 1.54) is 23.1 Å². The van der Waals surface area contributed by atoms with Crippen molar-refractivity contribution in [3.05, 3.63) is 102 Å². The smallest absolute Gasteiger partial charge is 0.260 e. The number of halogens is 1. The van der Waals surface area contributed by atoms with Crippen LogP contribution in [-0.2, 0) is 6.54 Å². The summed E-state index contributed by atoms with van der Waals surface area (Å²) in [6, 6.07) is 20.1. The molecule has 0 atom stereocenters. The quantitative estimate of drug-likeness (QED) is 0.434. The Hall–Kier alpha value is -3.64. The minimum atomic E-state index is -0.349. The molecule has 6 heteroatoms. The van der Waals surface area contributed by atoms with Gasteiger partial charge in [-0.15, -0.1) is 0 Å². The number of pyridine rings is 2. The highest BCUT2D eigenvalue weighted by Crippen LogP contribution is 2.28. The van der Waals surface area contributed by atoms with Crippen molar-refractivity contribution in [3.8, 4) is 0 Å². The second-order valence-corrected chi connectivity index (χ2v) is 8.39. The Morgan fingerprint density at radius 1 is 1.00 bits per heavy atom. The lowest BCUT2D eigenvalue weighted by molar-refractivity contribution is 0.0958. The summed E-state index contributed by atoms with van der Waals surface area (Å²) in [6.07, 6.45) is 6.70. The standard InChI is InChI=1S/C27H25FN4O/c28-22-6-3-7-24(17-22)32(27(33)20-5-4-13-29-18-20)23-11-15-31(16-12-23)19-21-10-14-30-26-9-2-1-8-25(21)26/h1-10,13-14,17-18,23H,11-12,15-16,19H2. The van der Waals surface area contributed by atoms with Gasteiger partial charge in [-0.1, -0.05) is 24.3 Å². The van der Waals surface area contributed by atoms with Gasteiger partial charge in [0.2, 0.25) is 0 Å². The molecule has 0 saturated carbocycles. The molecular weight excluding hydrogens is 415 g/mol. The maximum atomic E-state index is 14.0. The number of carbonyl (C=O) groups is 1. The zero-order valence-corrected chi connectivity index (χ0v) is 18.3. The van der Waals surface area contributed by atoms with E-state index in [4.69, 9.17) is 0 Å². The molecule has 0 aliphatic carbocycles. The largest absolute Gasteiger partial charge is 0.305 e. The van der Waals surface area contributed by atoms with Crippen LogP contribution in [-0.4, -0.2) is 39.9 Å². The molecule has 2 aromatic carbocycles. The molecular formula is C27H25FN4O. The molecule has 0 radical (unpaired) electrons. The van der Waals surface area contributed by atoms with Crippen molar-refractivity contribution in [1.82, 2.24) is 14.9 Å². The van der Waals surface area contributed by atoms with E-state index in [-0.39, 0.29) is 17.8 Å². The van der Waals surface area contributed by atoms with Gasteiger partial charge in [0.25, 0.3) is 5.91 Å². The lowest BCUT2D eigenvalue weighted by Crippen LogP contribution is -2.47. The normalized spacial score (nSPS) is 14.9. The number of para-hydroxylation sites is 1. The number of anilines is 1. The van der Waals surface area contributed by atoms with Crippen LogP contribution in [0.2, 0.25) is 0 Å². The molecule has 1 aliphatic heterocycles. The number of carbonyl (C=O) groups excluding carboxylic acids is 1. The minimum absolute atomic E-state index is 0.00931. The van der Waals surface area contributed by atoms with Crippen LogP contribution >= 0.6 is 0 Å². The third-order valence-electron chi connectivity index (χ3n) is 6.27. The molecule has 0 bridgehead atoms. The van der Waals surface area contributed by atoms with E-state index in [1.54, 1.807) is 41.6 Å². The van der Waals surface area contributed by atoms with Crippen LogP contribution in [0.1, 0.15) is 28.8 Å². The van der Waals surface area contributed by atoms with Crippen molar-refractivity contribution >= 4 is 22.5 Å². The summed E-state index contributed by atoms with van der Waals surface area (Å²) < 4.78 is 14.0. The number of aromatic nitrogens is 2. The van der Waals surface area contributed by atoms with Gasteiger partial charge in [0.05, 0.1) is 11.1 Å². The number of benzene rings is 2. The van der Waals surface area contributed by atoms with Gasteiger partial charge in [-0.05, 0) is 60.9 Å². The first kappa shape index (κ1) is 21.2. The topological polar surface area (TPSA) is 49.3 Å². The zero-order valence-electron chi connectivity index (χ0n) is 18.3. The fourth-order valence-corrected chi connectivity index (χ4v) is 4.62. The molecule has 0 N–H and O–H groups in total. The summed E-state index contributed by atoms with van der Waals surface area (Å²) in [5, 5.41) is 1.18. The highest BCUT2D eigenvalue weighted by molar-refractivity contribution is 6.06. The third-order valence-corrected chi connectivity index (χ3v) is 6.27. The van der Waals surface area contributed by atoms with E-state index in [1.807, 2.05) is 24.4 Å². The molecule has 3 heterocycles. The van der Waals surface area contributed by atoms with Crippen molar-refractivity contribution in [2.75, 3.05) is 18.0 Å². The molecule has 4 aromatic rings. The van der Waals surface area contributed by atoms with Gasteiger partial charge in [0.1, 0.15) is 5.82 Å². The Balaban J connectivity index is 1.35. The van der Waals surface area contributed by atoms with Crippen LogP contribution in [0.5, 0.6) is 0 Å². The SMILES string of the molecule is O=C(c1cccnc1)N(c1cccc(F)c1)C1CCN(Cc2ccnc3ccccc23)CC1. The van der Waals surface area contributed by atoms with Crippen LogP contribution < -0.4 is 4.90 Å². The van der Waals surface area contributed by atoms with Gasteiger partial charge >= 0.3 is 0 Å². The summed E-state index contributed by atoms with van der Waals surface area (Å²) in [4.78, 5) is 26.1. The van der Waals surface area contributed by atoms with E-state index in [0.717, 1.165) is 38.0 Å². The number of hydrogen-bond acceptors (Lipinski definition) is 4. The van der Waals surface area contributed by atoms with E-state index in [2.05, 4.69) is 27.0 Å². The minimum Gasteiger partial charge on any atom is -0.305 e. The Labute approximate surface area is 192 Å². The predicted octanol–water partition coefficient (Wildman–Crippen LogP) is 5.08. The number of nitrogens with zero attached hydrogens (tertiary/aromatic N) is 4. The fraction of sp³-hybridized carbons (Fsp3) is 0.222. The summed E-state index contributed by atoms with van der Waals surface area (Å²) in [5.74, 6) is -0.495. The zero-order chi connectivity index (χ0) is 22.6. The first-order chi connectivity index (χ1) is 16.2. The van der Waals surface area contributed by atoms with Crippen molar-refractivity contribution in [2.45, 2.75) is 25.4 Å². The average Bonchev–Trinajstić information content (AvgIpc) is 2.86. The molecule has 166 valence electrons. The van der Waals surface area contributed by atoms with Crippen molar-refractivity contribution in [2.24, 2.45) is 0 Å². The van der Waals surface area contributed by atoms with Gasteiger partial charge in [-0.25, -0.2) is 4.39 Å². The molecule has 2 aromatic heterocycles. The Morgan fingerprint density at radius 2 is 1.85 bits per heavy atom. The second kappa shape index (κ2) is 9.46. The van der Waals surface area contributed by atoms with Gasteiger partial charge in [-0.3, -0.25) is 19.7 Å². The van der Waals surface area contributed by atoms with E-state index in [0.29, 0.717) is 11.3 Å². The molecule has 1 saturated heterocycles. The molecule has 0 spiro atoms. The molecule has 5 nitrogen and oxygen atoms in total. The summed E-state index contributed by atoms with van der Waals surface area (Å²) in [6.45, 7) is 2.55. The van der Waals surface area contributed by atoms with Gasteiger partial charge in [0.15, 0.2) is 0 Å². The van der Waals surface area contributed by atoms with Crippen LogP contribution in [0.3, 0.4) is 0 Å². The Bertz CT molecular complexity index is 1250. The number of piperidine rings is 1. The van der Waals surface area contributed by atoms with E-state index < -0.39 is 0 Å². The highest BCUT2D eigenvalue weighted by atomic mass is 19.1. The number of fused-ring (bicyclic) bond motifs is 1. The number of likely N-dealkylation sites (tertiary alicyclic amines) is 1. The number of rotatable bonds is 5. The molecule has 1 amide bonds. The first-order valence-electron chi connectivity index (χ1n) is 11.2. The molecule has 1 aliphatic rings. The van der Waals surface area contributed by atoms with Crippen molar-refractivity contribution in [1.29, 1.82) is 0 Å². The van der Waals surface area contributed by atoms with Crippen molar-refractivity contribution < 1.29 is 9.18 Å². The monoisotopic (exact) mass is 440 g/mol. The molecule has 0 unspecified atom stereocenters. The number of hydrogen-bond donors (Lipinski definition) is 0. The van der Waals surface area contributed by atoms with Gasteiger partial charge in [0, 0.05) is 55.3 Å². The lowest BCUT2D eigenvalue weighted by Gasteiger charge is -2.38. The summed E-state index contributed by atoms with van der Waals surface area (Å²) in [5.41, 5.74) is 3.35. The maximum Gasteiger partial charge on any atom is 0.260 e. The third kappa shape index (κ3) is 4.61. The first-order valence-corrected chi connectivity index (χ1v) is 11.2. The van der Waals surface area contributed by atoms with E-state index in [9.17, 15) is 9.18 Å². The average molecular weight is 441 g/mol. The van der Waals surface area contributed by atoms with Crippen LogP contribution in [0.25, 0.3) is 10.9 Å². The molecule has 5 rings (SSSR count). The maximum absolute atomic E-state index is 14.0. The lowest BCUT2D eigenvalue weighted by atomic mass is 10.00. The Morgan fingerprint density at radius 3 is 2.64 bits per heavy atom. The van der Waals surface area contributed by atoms with E-state index >= 15 is 0 Å². The summed E-state index contributed by atoms with van der Waals surface area (Å²) >= 11 is 0. The van der Waals surface area contributed by atoms with Crippen molar-refractivity contribution in [3.63, 3.8) is 0 Å². The second-order valence-electron chi connectivity index (χ2n) is 8.39. The van der Waals surface area contributed by atoms with Gasteiger partial charge in [-0.2, -0.15) is 0 Å². The predicted molar refractivity (Wildman–Crippen MR) is 127 cm³/mol. The molecule has 1 fully saturated rings. The fourth-order valence-electron chi connectivity index (χ4n) is 4.62.